The van der Waals surface area contributed by atoms with Crippen molar-refractivity contribution in [2.75, 3.05) is 20.2 Å². The van der Waals surface area contributed by atoms with Gasteiger partial charge in [0, 0.05) is 31.6 Å². The zero-order chi connectivity index (χ0) is 20.6. The summed E-state index contributed by atoms with van der Waals surface area (Å²) in [7, 11) is 1.75. The minimum atomic E-state index is -0.430. The minimum Gasteiger partial charge on any atom is -0.491 e. The quantitative estimate of drug-likeness (QED) is 0.493. The van der Waals surface area contributed by atoms with Crippen molar-refractivity contribution in [3.63, 3.8) is 0 Å². The van der Waals surface area contributed by atoms with Gasteiger partial charge in [-0.15, -0.1) is 0 Å². The Hall–Kier alpha value is -2.86. The van der Waals surface area contributed by atoms with Gasteiger partial charge in [0.1, 0.15) is 23.0 Å². The van der Waals surface area contributed by atoms with Crippen LogP contribution in [0.25, 0.3) is 11.3 Å². The molecule has 1 heterocycles. The molecule has 3 rings (SSSR count). The number of ether oxygens (including phenoxy) is 1. The lowest BCUT2D eigenvalue weighted by Crippen LogP contribution is -2.29. The molecule has 1 amide bonds. The summed E-state index contributed by atoms with van der Waals surface area (Å²) < 4.78 is 23.9. The van der Waals surface area contributed by atoms with E-state index < -0.39 is 5.82 Å². The van der Waals surface area contributed by atoms with Crippen molar-refractivity contribution in [1.29, 1.82) is 0 Å². The Balaban J connectivity index is 1.38. The zero-order valence-corrected chi connectivity index (χ0v) is 16.9. The number of aryl methyl sites for hydroxylation is 1. The van der Waals surface area contributed by atoms with Gasteiger partial charge in [0.15, 0.2) is 0 Å². The highest BCUT2D eigenvalue weighted by Crippen LogP contribution is 2.25. The molecular formula is C22H22ClFN2O3. The van der Waals surface area contributed by atoms with Gasteiger partial charge in [0.25, 0.3) is 0 Å². The molecule has 29 heavy (non-hydrogen) atoms. The van der Waals surface area contributed by atoms with Crippen molar-refractivity contribution >= 4 is 17.5 Å². The third-order valence-electron chi connectivity index (χ3n) is 4.44. The molecule has 0 spiro atoms. The number of nitrogens with zero attached hydrogens (tertiary/aromatic N) is 2. The summed E-state index contributed by atoms with van der Waals surface area (Å²) in [5, 5.41) is 4.28. The smallest absolute Gasteiger partial charge is 0.225 e. The Morgan fingerprint density at radius 2 is 2.00 bits per heavy atom. The third-order valence-corrected chi connectivity index (χ3v) is 4.73. The van der Waals surface area contributed by atoms with Crippen molar-refractivity contribution < 1.29 is 18.4 Å². The Labute approximate surface area is 174 Å². The molecule has 1 aromatic heterocycles. The van der Waals surface area contributed by atoms with Gasteiger partial charge < -0.3 is 14.2 Å². The topological polar surface area (TPSA) is 55.6 Å². The molecule has 3 aromatic rings. The van der Waals surface area contributed by atoms with E-state index in [-0.39, 0.29) is 24.0 Å². The molecular weight excluding hydrogens is 395 g/mol. The van der Waals surface area contributed by atoms with Crippen LogP contribution in [0.15, 0.2) is 59.1 Å². The highest BCUT2D eigenvalue weighted by Gasteiger charge is 2.11. The van der Waals surface area contributed by atoms with Crippen molar-refractivity contribution in [1.82, 2.24) is 10.1 Å². The minimum absolute atomic E-state index is 0.0363. The van der Waals surface area contributed by atoms with E-state index in [1.54, 1.807) is 11.9 Å². The predicted molar refractivity (Wildman–Crippen MR) is 109 cm³/mol. The summed E-state index contributed by atoms with van der Waals surface area (Å²) in [5.74, 6) is 0.689. The van der Waals surface area contributed by atoms with Gasteiger partial charge in [-0.2, -0.15) is 0 Å². The van der Waals surface area contributed by atoms with Gasteiger partial charge in [-0.3, -0.25) is 4.79 Å². The lowest BCUT2D eigenvalue weighted by atomic mass is 10.1. The number of carbonyl (C=O) groups is 1. The number of hydrogen-bond donors (Lipinski definition) is 0. The Bertz CT molecular complexity index is 946. The fourth-order valence-electron chi connectivity index (χ4n) is 2.82. The van der Waals surface area contributed by atoms with Crippen LogP contribution in [-0.2, 0) is 11.2 Å². The van der Waals surface area contributed by atoms with Crippen LogP contribution in [0.3, 0.4) is 0 Å². The average molecular weight is 417 g/mol. The molecule has 0 unspecified atom stereocenters. The fourth-order valence-corrected chi connectivity index (χ4v) is 3.04. The first kappa shape index (κ1) is 20.9. The van der Waals surface area contributed by atoms with Crippen LogP contribution in [0.2, 0.25) is 5.02 Å². The van der Waals surface area contributed by atoms with E-state index in [2.05, 4.69) is 5.16 Å². The molecule has 2 aromatic carbocycles. The first-order valence-corrected chi connectivity index (χ1v) is 9.73. The van der Waals surface area contributed by atoms with Crippen molar-refractivity contribution in [2.24, 2.45) is 0 Å². The van der Waals surface area contributed by atoms with Gasteiger partial charge in [-0.25, -0.2) is 4.39 Å². The molecule has 7 heteroatoms. The summed E-state index contributed by atoms with van der Waals surface area (Å²) in [6.07, 6.45) is 1.67. The standard InChI is InChI=1S/C22H22ClFN2O3/c1-26(22(27)11-13-28-21-10-9-17(24)14-19(21)23)12-5-8-18-15-20(25-29-18)16-6-3-2-4-7-16/h2-4,6-7,9-10,14-15H,5,8,11-13H2,1H3. The van der Waals surface area contributed by atoms with Gasteiger partial charge in [0.05, 0.1) is 18.1 Å². The van der Waals surface area contributed by atoms with E-state index in [1.165, 1.54) is 18.2 Å². The summed E-state index contributed by atoms with van der Waals surface area (Å²) >= 11 is 5.90. The second-order valence-corrected chi connectivity index (χ2v) is 7.04. The number of aromatic nitrogens is 1. The van der Waals surface area contributed by atoms with Crippen LogP contribution in [0.5, 0.6) is 5.75 Å². The summed E-state index contributed by atoms with van der Waals surface area (Å²) in [6, 6.07) is 15.7. The molecule has 0 fully saturated rings. The first-order chi connectivity index (χ1) is 14.0. The molecule has 0 aliphatic carbocycles. The lowest BCUT2D eigenvalue weighted by molar-refractivity contribution is -0.130. The first-order valence-electron chi connectivity index (χ1n) is 9.36. The maximum Gasteiger partial charge on any atom is 0.225 e. The number of rotatable bonds is 9. The van der Waals surface area contributed by atoms with Crippen LogP contribution in [0.1, 0.15) is 18.6 Å². The molecule has 152 valence electrons. The molecule has 0 saturated heterocycles. The molecule has 0 saturated carbocycles. The maximum absolute atomic E-state index is 13.0. The van der Waals surface area contributed by atoms with Gasteiger partial charge in [0.2, 0.25) is 5.91 Å². The van der Waals surface area contributed by atoms with Crippen molar-refractivity contribution in [2.45, 2.75) is 19.3 Å². The van der Waals surface area contributed by atoms with E-state index >= 15 is 0 Å². The maximum atomic E-state index is 13.0. The SMILES string of the molecule is CN(CCCc1cc(-c2ccccc2)no1)C(=O)CCOc1ccc(F)cc1Cl. The number of benzene rings is 2. The van der Waals surface area contributed by atoms with E-state index in [1.807, 2.05) is 36.4 Å². The highest BCUT2D eigenvalue weighted by atomic mass is 35.5. The fraction of sp³-hybridized carbons (Fsp3) is 0.273. The van der Waals surface area contributed by atoms with Crippen LogP contribution in [-0.4, -0.2) is 36.2 Å². The van der Waals surface area contributed by atoms with E-state index in [0.717, 1.165) is 23.4 Å². The van der Waals surface area contributed by atoms with Crippen LogP contribution in [0.4, 0.5) is 4.39 Å². The second-order valence-electron chi connectivity index (χ2n) is 6.64. The molecule has 0 bridgehead atoms. The monoisotopic (exact) mass is 416 g/mol. The van der Waals surface area contributed by atoms with Gasteiger partial charge >= 0.3 is 0 Å². The summed E-state index contributed by atoms with van der Waals surface area (Å²) in [4.78, 5) is 13.9. The van der Waals surface area contributed by atoms with E-state index in [9.17, 15) is 9.18 Å². The van der Waals surface area contributed by atoms with Crippen molar-refractivity contribution in [3.05, 3.63) is 71.2 Å². The van der Waals surface area contributed by atoms with Crippen LogP contribution in [0, 0.1) is 5.82 Å². The largest absolute Gasteiger partial charge is 0.491 e. The second kappa shape index (κ2) is 10.1. The van der Waals surface area contributed by atoms with Gasteiger partial charge in [-0.1, -0.05) is 47.1 Å². The van der Waals surface area contributed by atoms with Crippen molar-refractivity contribution in [3.8, 4) is 17.0 Å². The molecule has 0 aliphatic rings. The predicted octanol–water partition coefficient (Wildman–Crippen LogP) is 4.99. The molecule has 0 N–H and O–H groups in total. The third kappa shape index (κ3) is 6.06. The molecule has 0 aliphatic heterocycles. The number of hydrogen-bond acceptors (Lipinski definition) is 4. The van der Waals surface area contributed by atoms with E-state index in [0.29, 0.717) is 18.7 Å². The Morgan fingerprint density at radius 3 is 2.76 bits per heavy atom. The number of halogens is 2. The highest BCUT2D eigenvalue weighted by molar-refractivity contribution is 6.32. The number of amides is 1. The molecule has 5 nitrogen and oxygen atoms in total. The summed E-state index contributed by atoms with van der Waals surface area (Å²) in [5.41, 5.74) is 1.82. The van der Waals surface area contributed by atoms with E-state index in [4.69, 9.17) is 20.9 Å². The zero-order valence-electron chi connectivity index (χ0n) is 16.1. The summed E-state index contributed by atoms with van der Waals surface area (Å²) in [6.45, 7) is 0.772. The Morgan fingerprint density at radius 1 is 1.21 bits per heavy atom. The number of carbonyl (C=O) groups excluding carboxylic acids is 1. The average Bonchev–Trinajstić information content (AvgIpc) is 3.19. The Kier molecular flexibility index (Phi) is 7.25. The molecule has 0 atom stereocenters. The normalized spacial score (nSPS) is 10.7. The lowest BCUT2D eigenvalue weighted by Gasteiger charge is -2.17. The molecule has 0 radical (unpaired) electrons. The van der Waals surface area contributed by atoms with Crippen LogP contribution >= 0.6 is 11.6 Å². The van der Waals surface area contributed by atoms with Gasteiger partial charge in [-0.05, 0) is 24.6 Å². The van der Waals surface area contributed by atoms with Crippen LogP contribution < -0.4 is 4.74 Å².